The van der Waals surface area contributed by atoms with E-state index in [9.17, 15) is 5.11 Å². The van der Waals surface area contributed by atoms with E-state index >= 15 is 0 Å². The van der Waals surface area contributed by atoms with Crippen LogP contribution in [0.2, 0.25) is 0 Å². The molecule has 1 aliphatic carbocycles. The molecule has 2 N–H and O–H groups in total. The van der Waals surface area contributed by atoms with Crippen LogP contribution in [0, 0.1) is 5.92 Å². The lowest BCUT2D eigenvalue weighted by Crippen LogP contribution is -2.34. The van der Waals surface area contributed by atoms with Crippen molar-refractivity contribution in [3.63, 3.8) is 0 Å². The molecule has 1 saturated carbocycles. The second-order valence-electron chi connectivity index (χ2n) is 6.19. The molecule has 4 heteroatoms. The fourth-order valence-electron chi connectivity index (χ4n) is 2.89. The molecule has 118 valence electrons. The van der Waals surface area contributed by atoms with E-state index in [1.807, 2.05) is 24.5 Å². The first-order chi connectivity index (χ1) is 10.2. The molecule has 3 atom stereocenters. The highest BCUT2D eigenvalue weighted by atomic mass is 16.5. The topological polar surface area (TPSA) is 54.4 Å². The third-order valence-corrected chi connectivity index (χ3v) is 4.13. The zero-order valence-electron chi connectivity index (χ0n) is 13.0. The second kappa shape index (κ2) is 9.13. The van der Waals surface area contributed by atoms with Crippen molar-refractivity contribution in [2.24, 2.45) is 5.92 Å². The quantitative estimate of drug-likeness (QED) is 0.721. The van der Waals surface area contributed by atoms with E-state index in [0.29, 0.717) is 19.3 Å². The summed E-state index contributed by atoms with van der Waals surface area (Å²) >= 11 is 0. The fourth-order valence-corrected chi connectivity index (χ4v) is 2.89. The average Bonchev–Trinajstić information content (AvgIpc) is 2.51. The maximum absolute atomic E-state index is 9.95. The van der Waals surface area contributed by atoms with E-state index in [1.165, 1.54) is 18.4 Å². The van der Waals surface area contributed by atoms with Crippen LogP contribution in [0.5, 0.6) is 0 Å². The molecule has 0 aliphatic heterocycles. The van der Waals surface area contributed by atoms with Gasteiger partial charge in [0.1, 0.15) is 0 Å². The first kappa shape index (κ1) is 16.4. The number of nitrogens with zero attached hydrogens (tertiary/aromatic N) is 1. The summed E-state index contributed by atoms with van der Waals surface area (Å²) in [5, 5.41) is 13.2. The summed E-state index contributed by atoms with van der Waals surface area (Å²) in [5.74, 6) is 0.763. The predicted molar refractivity (Wildman–Crippen MR) is 84.2 cm³/mol. The number of aromatic nitrogens is 1. The van der Waals surface area contributed by atoms with Gasteiger partial charge in [0, 0.05) is 18.9 Å². The van der Waals surface area contributed by atoms with Crippen molar-refractivity contribution < 1.29 is 9.84 Å². The molecule has 1 fully saturated rings. The van der Waals surface area contributed by atoms with Gasteiger partial charge in [0.25, 0.3) is 0 Å². The minimum Gasteiger partial charge on any atom is -0.389 e. The van der Waals surface area contributed by atoms with Crippen molar-refractivity contribution in [3.8, 4) is 0 Å². The molecule has 2 rings (SSSR count). The van der Waals surface area contributed by atoms with Gasteiger partial charge in [0.15, 0.2) is 0 Å². The average molecular weight is 292 g/mol. The normalized spacial score (nSPS) is 23.9. The lowest BCUT2D eigenvalue weighted by Gasteiger charge is -2.27. The van der Waals surface area contributed by atoms with E-state index in [0.717, 1.165) is 31.7 Å². The van der Waals surface area contributed by atoms with Crippen LogP contribution in [0.4, 0.5) is 0 Å². The molecule has 21 heavy (non-hydrogen) atoms. The van der Waals surface area contributed by atoms with Crippen molar-refractivity contribution >= 4 is 0 Å². The van der Waals surface area contributed by atoms with Gasteiger partial charge in [-0.15, -0.1) is 0 Å². The lowest BCUT2D eigenvalue weighted by molar-refractivity contribution is -0.0305. The minimum absolute atomic E-state index is 0.347. The molecule has 0 aromatic carbocycles. The van der Waals surface area contributed by atoms with Crippen LogP contribution in [0.1, 0.15) is 38.2 Å². The van der Waals surface area contributed by atoms with Gasteiger partial charge >= 0.3 is 0 Å². The van der Waals surface area contributed by atoms with E-state index < -0.39 is 6.10 Å². The summed E-state index contributed by atoms with van der Waals surface area (Å²) < 4.78 is 5.83. The van der Waals surface area contributed by atoms with Crippen LogP contribution in [0.25, 0.3) is 0 Å². The number of rotatable bonds is 8. The van der Waals surface area contributed by atoms with Gasteiger partial charge in [-0.3, -0.25) is 4.98 Å². The number of ether oxygens (including phenoxy) is 1. The Labute approximate surface area is 127 Å². The maximum atomic E-state index is 9.95. The molecule has 0 amide bonds. The summed E-state index contributed by atoms with van der Waals surface area (Å²) in [6, 6.07) is 4.04. The van der Waals surface area contributed by atoms with Gasteiger partial charge in [-0.2, -0.15) is 0 Å². The van der Waals surface area contributed by atoms with E-state index in [4.69, 9.17) is 4.74 Å². The minimum atomic E-state index is -0.417. The lowest BCUT2D eigenvalue weighted by atomic mass is 9.89. The highest BCUT2D eigenvalue weighted by molar-refractivity contribution is 5.09. The Kier molecular flexibility index (Phi) is 7.13. The summed E-state index contributed by atoms with van der Waals surface area (Å²) in [4.78, 5) is 4.00. The number of pyridine rings is 1. The number of nitrogens with one attached hydrogen (secondary N) is 1. The summed E-state index contributed by atoms with van der Waals surface area (Å²) in [5.41, 5.74) is 1.26. The molecule has 1 heterocycles. The second-order valence-corrected chi connectivity index (χ2v) is 6.19. The fraction of sp³-hybridized carbons (Fsp3) is 0.706. The highest BCUT2D eigenvalue weighted by Gasteiger charge is 2.20. The van der Waals surface area contributed by atoms with Crippen molar-refractivity contribution in [3.05, 3.63) is 30.1 Å². The summed E-state index contributed by atoms with van der Waals surface area (Å²) in [6.07, 6.45) is 9.36. The maximum Gasteiger partial charge on any atom is 0.0897 e. The zero-order valence-corrected chi connectivity index (χ0v) is 13.0. The smallest absolute Gasteiger partial charge is 0.0897 e. The van der Waals surface area contributed by atoms with Crippen molar-refractivity contribution in [1.82, 2.24) is 10.3 Å². The Morgan fingerprint density at radius 2 is 2.19 bits per heavy atom. The molecule has 4 nitrogen and oxygen atoms in total. The molecular formula is C17H28N2O2. The van der Waals surface area contributed by atoms with Gasteiger partial charge in [-0.05, 0) is 49.4 Å². The van der Waals surface area contributed by atoms with Crippen molar-refractivity contribution in [2.75, 3.05) is 19.7 Å². The Morgan fingerprint density at radius 1 is 1.38 bits per heavy atom. The van der Waals surface area contributed by atoms with Crippen LogP contribution in [-0.2, 0) is 11.2 Å². The first-order valence-corrected chi connectivity index (χ1v) is 8.13. The molecule has 0 radical (unpaired) electrons. The van der Waals surface area contributed by atoms with Crippen LogP contribution < -0.4 is 5.32 Å². The Morgan fingerprint density at radius 3 is 2.95 bits per heavy atom. The SMILES string of the molecule is CC1CCCC(OCC(O)CNCCc2ccncc2)C1. The van der Waals surface area contributed by atoms with E-state index in [-0.39, 0.29) is 0 Å². The van der Waals surface area contributed by atoms with Gasteiger partial charge in [-0.1, -0.05) is 19.8 Å². The van der Waals surface area contributed by atoms with Gasteiger partial charge in [0.2, 0.25) is 0 Å². The van der Waals surface area contributed by atoms with Gasteiger partial charge in [-0.25, -0.2) is 0 Å². The Bertz CT molecular complexity index is 386. The molecule has 1 aliphatic rings. The molecule has 1 aromatic heterocycles. The van der Waals surface area contributed by atoms with Crippen molar-refractivity contribution in [2.45, 2.75) is 51.2 Å². The van der Waals surface area contributed by atoms with E-state index in [2.05, 4.69) is 17.2 Å². The molecular weight excluding hydrogens is 264 g/mol. The van der Waals surface area contributed by atoms with Crippen LogP contribution >= 0.6 is 0 Å². The third kappa shape index (κ3) is 6.55. The molecule has 1 aromatic rings. The largest absolute Gasteiger partial charge is 0.389 e. The highest BCUT2D eigenvalue weighted by Crippen LogP contribution is 2.25. The third-order valence-electron chi connectivity index (χ3n) is 4.13. The summed E-state index contributed by atoms with van der Waals surface area (Å²) in [6.45, 7) is 4.18. The van der Waals surface area contributed by atoms with Crippen LogP contribution in [0.3, 0.4) is 0 Å². The predicted octanol–water partition coefficient (Wildman–Crippen LogP) is 2.17. The first-order valence-electron chi connectivity index (χ1n) is 8.13. The number of hydrogen-bond acceptors (Lipinski definition) is 4. The van der Waals surface area contributed by atoms with Crippen LogP contribution in [0.15, 0.2) is 24.5 Å². The molecule has 0 spiro atoms. The number of aliphatic hydroxyl groups excluding tert-OH is 1. The number of hydrogen-bond donors (Lipinski definition) is 2. The van der Waals surface area contributed by atoms with Crippen LogP contribution in [-0.4, -0.2) is 42.0 Å². The molecule has 0 saturated heterocycles. The number of aliphatic hydroxyl groups is 1. The zero-order chi connectivity index (χ0) is 14.9. The summed E-state index contributed by atoms with van der Waals surface area (Å²) in [7, 11) is 0. The standard InChI is InChI=1S/C17H28N2O2/c1-14-3-2-4-17(11-14)21-13-16(20)12-19-10-7-15-5-8-18-9-6-15/h5-6,8-9,14,16-17,19-20H,2-4,7,10-13H2,1H3. The molecule has 0 bridgehead atoms. The monoisotopic (exact) mass is 292 g/mol. The Balaban J connectivity index is 1.52. The van der Waals surface area contributed by atoms with Gasteiger partial charge in [0.05, 0.1) is 18.8 Å². The molecule has 3 unspecified atom stereocenters. The van der Waals surface area contributed by atoms with E-state index in [1.54, 1.807) is 0 Å². The van der Waals surface area contributed by atoms with Gasteiger partial charge < -0.3 is 15.2 Å². The van der Waals surface area contributed by atoms with Crippen molar-refractivity contribution in [1.29, 1.82) is 0 Å². The Hall–Kier alpha value is -0.970.